The molecule has 5 heteroatoms. The Bertz CT molecular complexity index is 623. The summed E-state index contributed by atoms with van der Waals surface area (Å²) in [6.07, 6.45) is 15.1. The van der Waals surface area contributed by atoms with E-state index in [0.29, 0.717) is 11.9 Å². The summed E-state index contributed by atoms with van der Waals surface area (Å²) < 4.78 is 0. The summed E-state index contributed by atoms with van der Waals surface area (Å²) in [7, 11) is 0. The highest BCUT2D eigenvalue weighted by Gasteiger charge is 2.31. The Labute approximate surface area is 176 Å². The van der Waals surface area contributed by atoms with Gasteiger partial charge in [0.25, 0.3) is 0 Å². The average Bonchev–Trinajstić information content (AvgIpc) is 3.29. The number of hydrogen-bond donors (Lipinski definition) is 1. The minimum absolute atomic E-state index is 0.196. The van der Waals surface area contributed by atoms with E-state index in [0.717, 1.165) is 51.5 Å². The summed E-state index contributed by atoms with van der Waals surface area (Å²) in [5.41, 5.74) is 1.35. The highest BCUT2D eigenvalue weighted by atomic mass is 16.1. The molecule has 1 aliphatic carbocycles. The van der Waals surface area contributed by atoms with Crippen LogP contribution in [0.25, 0.3) is 0 Å². The highest BCUT2D eigenvalue weighted by Crippen LogP contribution is 2.27. The number of carbonyl (C=O) groups is 1. The maximum absolute atomic E-state index is 12.7. The molecular weight excluding hydrogens is 360 g/mol. The van der Waals surface area contributed by atoms with Gasteiger partial charge in [0.1, 0.15) is 0 Å². The predicted octanol–water partition coefficient (Wildman–Crippen LogP) is 3.45. The fourth-order valence-corrected chi connectivity index (χ4v) is 5.58. The second kappa shape index (κ2) is 10.5. The number of nitrogens with zero attached hydrogens (tertiary/aromatic N) is 3. The number of pyridine rings is 1. The summed E-state index contributed by atoms with van der Waals surface area (Å²) in [5, 5.41) is 3.26. The molecular formula is C24H38N4O. The molecule has 2 saturated heterocycles. The quantitative estimate of drug-likeness (QED) is 0.764. The third-order valence-electron chi connectivity index (χ3n) is 7.38. The van der Waals surface area contributed by atoms with E-state index in [1.54, 1.807) is 0 Å². The number of rotatable bonds is 7. The van der Waals surface area contributed by atoms with E-state index < -0.39 is 0 Å². The van der Waals surface area contributed by atoms with Crippen molar-refractivity contribution >= 4 is 5.91 Å². The van der Waals surface area contributed by atoms with Gasteiger partial charge >= 0.3 is 0 Å². The first-order valence-electron chi connectivity index (χ1n) is 11.9. The van der Waals surface area contributed by atoms with Crippen molar-refractivity contribution in [3.63, 3.8) is 0 Å². The fraction of sp³-hybridized carbons (Fsp3) is 0.750. The molecule has 3 fully saturated rings. The average molecular weight is 399 g/mol. The Balaban J connectivity index is 1.18. The summed E-state index contributed by atoms with van der Waals surface area (Å²) >= 11 is 0. The molecule has 0 unspecified atom stereocenters. The van der Waals surface area contributed by atoms with Crippen LogP contribution < -0.4 is 5.32 Å². The second-order valence-electron chi connectivity index (χ2n) is 9.43. The lowest BCUT2D eigenvalue weighted by Gasteiger charge is -2.42. The molecule has 1 aromatic rings. The van der Waals surface area contributed by atoms with E-state index in [1.807, 2.05) is 12.4 Å². The fourth-order valence-electron chi connectivity index (χ4n) is 5.58. The third-order valence-corrected chi connectivity index (χ3v) is 7.38. The molecule has 0 bridgehead atoms. The van der Waals surface area contributed by atoms with Gasteiger partial charge < -0.3 is 5.32 Å². The Morgan fingerprint density at radius 3 is 2.52 bits per heavy atom. The number of nitrogens with one attached hydrogen (secondary N) is 1. The first kappa shape index (κ1) is 20.8. The largest absolute Gasteiger partial charge is 0.356 e. The predicted molar refractivity (Wildman–Crippen MR) is 116 cm³/mol. The Kier molecular flexibility index (Phi) is 7.55. The molecule has 5 nitrogen and oxygen atoms in total. The molecule has 3 aliphatic rings. The van der Waals surface area contributed by atoms with Crippen LogP contribution in [0, 0.1) is 11.8 Å². The molecule has 29 heavy (non-hydrogen) atoms. The summed E-state index contributed by atoms with van der Waals surface area (Å²) in [6, 6.07) is 4.89. The van der Waals surface area contributed by atoms with Crippen molar-refractivity contribution in [1.82, 2.24) is 20.1 Å². The molecule has 1 N–H and O–H groups in total. The summed E-state index contributed by atoms with van der Waals surface area (Å²) in [4.78, 5) is 22.0. The smallest absolute Gasteiger partial charge is 0.224 e. The van der Waals surface area contributed by atoms with Gasteiger partial charge in [0.15, 0.2) is 0 Å². The van der Waals surface area contributed by atoms with E-state index in [4.69, 9.17) is 0 Å². The van der Waals surface area contributed by atoms with E-state index >= 15 is 0 Å². The van der Waals surface area contributed by atoms with E-state index in [2.05, 4.69) is 32.2 Å². The lowest BCUT2D eigenvalue weighted by molar-refractivity contribution is -0.127. The van der Waals surface area contributed by atoms with E-state index in [1.165, 1.54) is 57.1 Å². The molecule has 0 aromatic carbocycles. The molecule has 1 saturated carbocycles. The standard InChI is InChI=1S/C24H38N4O/c29-24(26-14-9-20-4-1-2-5-20)22-6-3-15-28(19-22)23-10-16-27(17-11-23)18-21-7-12-25-13-8-21/h7-8,12-13,20,22-23H,1-6,9-11,14-19H2,(H,26,29)/t22-/m0/s1. The van der Waals surface area contributed by atoms with Crippen LogP contribution in [0.1, 0.15) is 63.4 Å². The Morgan fingerprint density at radius 2 is 1.76 bits per heavy atom. The summed E-state index contributed by atoms with van der Waals surface area (Å²) in [5.74, 6) is 1.36. The van der Waals surface area contributed by atoms with Crippen molar-refractivity contribution in [2.24, 2.45) is 11.8 Å². The lowest BCUT2D eigenvalue weighted by Crippen LogP contribution is -2.50. The van der Waals surface area contributed by atoms with Gasteiger partial charge in [0.2, 0.25) is 5.91 Å². The number of amides is 1. The van der Waals surface area contributed by atoms with Crippen LogP contribution in [0.15, 0.2) is 24.5 Å². The Morgan fingerprint density at radius 1 is 1.00 bits per heavy atom. The highest BCUT2D eigenvalue weighted by molar-refractivity contribution is 5.78. The molecule has 160 valence electrons. The van der Waals surface area contributed by atoms with Gasteiger partial charge in [-0.25, -0.2) is 0 Å². The van der Waals surface area contributed by atoms with Crippen LogP contribution >= 0.6 is 0 Å². The molecule has 0 radical (unpaired) electrons. The molecule has 4 rings (SSSR count). The topological polar surface area (TPSA) is 48.5 Å². The van der Waals surface area contributed by atoms with Crippen LogP contribution in [0.4, 0.5) is 0 Å². The number of piperidine rings is 2. The van der Waals surface area contributed by atoms with Crippen molar-refractivity contribution in [3.05, 3.63) is 30.1 Å². The monoisotopic (exact) mass is 398 g/mol. The van der Waals surface area contributed by atoms with E-state index in [-0.39, 0.29) is 5.92 Å². The summed E-state index contributed by atoms with van der Waals surface area (Å²) in [6.45, 7) is 6.35. The van der Waals surface area contributed by atoms with Crippen molar-refractivity contribution in [3.8, 4) is 0 Å². The van der Waals surface area contributed by atoms with Gasteiger partial charge in [-0.3, -0.25) is 19.6 Å². The second-order valence-corrected chi connectivity index (χ2v) is 9.43. The zero-order chi connectivity index (χ0) is 19.9. The minimum Gasteiger partial charge on any atom is -0.356 e. The normalized spacial score (nSPS) is 25.3. The van der Waals surface area contributed by atoms with Gasteiger partial charge in [-0.15, -0.1) is 0 Å². The van der Waals surface area contributed by atoms with Gasteiger partial charge in [-0.2, -0.15) is 0 Å². The van der Waals surface area contributed by atoms with E-state index in [9.17, 15) is 4.79 Å². The van der Waals surface area contributed by atoms with Crippen LogP contribution in [-0.4, -0.2) is 59.5 Å². The van der Waals surface area contributed by atoms with Crippen LogP contribution in [-0.2, 0) is 11.3 Å². The third kappa shape index (κ3) is 6.02. The number of carbonyl (C=O) groups excluding carboxylic acids is 1. The number of hydrogen-bond acceptors (Lipinski definition) is 4. The number of likely N-dealkylation sites (tertiary alicyclic amines) is 2. The lowest BCUT2D eigenvalue weighted by atomic mass is 9.93. The molecule has 0 spiro atoms. The van der Waals surface area contributed by atoms with Crippen LogP contribution in [0.2, 0.25) is 0 Å². The zero-order valence-electron chi connectivity index (χ0n) is 17.9. The zero-order valence-corrected chi connectivity index (χ0v) is 17.9. The molecule has 2 aliphatic heterocycles. The first-order valence-corrected chi connectivity index (χ1v) is 11.9. The molecule has 1 amide bonds. The van der Waals surface area contributed by atoms with Crippen molar-refractivity contribution in [1.29, 1.82) is 0 Å². The van der Waals surface area contributed by atoms with Crippen molar-refractivity contribution in [2.75, 3.05) is 32.7 Å². The van der Waals surface area contributed by atoms with Gasteiger partial charge in [0, 0.05) is 38.1 Å². The van der Waals surface area contributed by atoms with Gasteiger partial charge in [-0.05, 0) is 75.4 Å². The van der Waals surface area contributed by atoms with Gasteiger partial charge in [0.05, 0.1) is 5.92 Å². The van der Waals surface area contributed by atoms with Gasteiger partial charge in [-0.1, -0.05) is 25.7 Å². The molecule has 1 atom stereocenters. The van der Waals surface area contributed by atoms with Crippen LogP contribution in [0.5, 0.6) is 0 Å². The van der Waals surface area contributed by atoms with Crippen LogP contribution in [0.3, 0.4) is 0 Å². The molecule has 1 aromatic heterocycles. The maximum atomic E-state index is 12.7. The maximum Gasteiger partial charge on any atom is 0.224 e. The van der Waals surface area contributed by atoms with Crippen molar-refractivity contribution < 1.29 is 4.79 Å². The SMILES string of the molecule is O=C(NCCC1CCCC1)[C@H]1CCCN(C2CCN(Cc3ccncc3)CC2)C1. The van der Waals surface area contributed by atoms with Crippen molar-refractivity contribution in [2.45, 2.75) is 70.4 Å². The minimum atomic E-state index is 0.196. The Hall–Kier alpha value is -1.46. The first-order chi connectivity index (χ1) is 14.3. The molecule has 3 heterocycles. The number of aromatic nitrogens is 1.